The number of thiocarbonyl (C=S) groups is 1. The van der Waals surface area contributed by atoms with Crippen LogP contribution in [-0.4, -0.2) is 17.8 Å². The first-order chi connectivity index (χ1) is 7.18. The van der Waals surface area contributed by atoms with Gasteiger partial charge in [0.1, 0.15) is 5.82 Å². The van der Waals surface area contributed by atoms with E-state index in [4.69, 9.17) is 18.0 Å². The molecular weight excluding hydrogens is 213 g/mol. The Kier molecular flexibility index (Phi) is 2.83. The van der Waals surface area contributed by atoms with Gasteiger partial charge in [-0.2, -0.15) is 0 Å². The summed E-state index contributed by atoms with van der Waals surface area (Å²) in [4.78, 5) is 0. The first kappa shape index (κ1) is 10.3. The third-order valence-electron chi connectivity index (χ3n) is 2.52. The lowest BCUT2D eigenvalue weighted by atomic mass is 9.94. The Labute approximate surface area is 92.8 Å². The Morgan fingerprint density at radius 2 is 2.13 bits per heavy atom. The molecule has 2 atom stereocenters. The van der Waals surface area contributed by atoms with Crippen molar-refractivity contribution < 1.29 is 4.39 Å². The van der Waals surface area contributed by atoms with Gasteiger partial charge < -0.3 is 16.4 Å². The summed E-state index contributed by atoms with van der Waals surface area (Å²) in [6.45, 7) is 0.563. The maximum Gasteiger partial charge on any atom is 0.167 e. The average molecular weight is 225 g/mol. The van der Waals surface area contributed by atoms with E-state index < -0.39 is 0 Å². The minimum absolute atomic E-state index is 0.0992. The molecule has 0 bridgehead atoms. The van der Waals surface area contributed by atoms with Crippen molar-refractivity contribution in [2.45, 2.75) is 12.1 Å². The van der Waals surface area contributed by atoms with Crippen molar-refractivity contribution in [2.75, 3.05) is 6.54 Å². The van der Waals surface area contributed by atoms with E-state index in [9.17, 15) is 4.39 Å². The van der Waals surface area contributed by atoms with Gasteiger partial charge in [-0.15, -0.1) is 0 Å². The first-order valence-electron chi connectivity index (χ1n) is 4.73. The van der Waals surface area contributed by atoms with E-state index in [1.54, 1.807) is 18.2 Å². The SMILES string of the molecule is NC1NC(=S)NCC1c1ccccc1F. The summed E-state index contributed by atoms with van der Waals surface area (Å²) in [5.41, 5.74) is 6.48. The van der Waals surface area contributed by atoms with E-state index in [2.05, 4.69) is 10.6 Å². The Bertz CT molecular complexity index is 383. The van der Waals surface area contributed by atoms with E-state index in [0.717, 1.165) is 0 Å². The second-order valence-corrected chi connectivity index (χ2v) is 3.92. The molecule has 0 aliphatic carbocycles. The number of rotatable bonds is 1. The third kappa shape index (κ3) is 2.08. The van der Waals surface area contributed by atoms with E-state index in [1.807, 2.05) is 0 Å². The topological polar surface area (TPSA) is 50.1 Å². The van der Waals surface area contributed by atoms with Crippen LogP contribution in [0, 0.1) is 5.82 Å². The summed E-state index contributed by atoms with van der Waals surface area (Å²) in [7, 11) is 0. The molecule has 0 amide bonds. The van der Waals surface area contributed by atoms with Crippen molar-refractivity contribution in [3.8, 4) is 0 Å². The average Bonchev–Trinajstić information content (AvgIpc) is 2.20. The maximum absolute atomic E-state index is 13.5. The molecule has 1 aliphatic heterocycles. The Hall–Kier alpha value is -1.20. The Morgan fingerprint density at radius 1 is 1.40 bits per heavy atom. The lowest BCUT2D eigenvalue weighted by molar-refractivity contribution is 0.444. The van der Waals surface area contributed by atoms with Crippen molar-refractivity contribution in [1.82, 2.24) is 10.6 Å². The highest BCUT2D eigenvalue weighted by molar-refractivity contribution is 7.80. The molecule has 0 saturated carbocycles. The summed E-state index contributed by atoms with van der Waals surface area (Å²) >= 11 is 4.92. The van der Waals surface area contributed by atoms with Crippen molar-refractivity contribution in [1.29, 1.82) is 0 Å². The predicted molar refractivity (Wildman–Crippen MR) is 60.9 cm³/mol. The van der Waals surface area contributed by atoms with Gasteiger partial charge in [-0.05, 0) is 23.8 Å². The molecule has 15 heavy (non-hydrogen) atoms. The van der Waals surface area contributed by atoms with Gasteiger partial charge >= 0.3 is 0 Å². The summed E-state index contributed by atoms with van der Waals surface area (Å²) in [5, 5.41) is 6.37. The molecule has 0 spiro atoms. The minimum atomic E-state index is -0.337. The highest BCUT2D eigenvalue weighted by atomic mass is 32.1. The fourth-order valence-electron chi connectivity index (χ4n) is 1.71. The van der Waals surface area contributed by atoms with Gasteiger partial charge in [0, 0.05) is 12.5 Å². The van der Waals surface area contributed by atoms with Crippen molar-refractivity contribution in [3.05, 3.63) is 35.6 Å². The van der Waals surface area contributed by atoms with Crippen molar-refractivity contribution >= 4 is 17.3 Å². The van der Waals surface area contributed by atoms with Crippen LogP contribution in [-0.2, 0) is 0 Å². The number of benzene rings is 1. The number of hydrogen-bond acceptors (Lipinski definition) is 2. The lowest BCUT2D eigenvalue weighted by Gasteiger charge is -2.32. The van der Waals surface area contributed by atoms with Gasteiger partial charge in [-0.25, -0.2) is 4.39 Å². The molecule has 1 aromatic rings. The lowest BCUT2D eigenvalue weighted by Crippen LogP contribution is -2.57. The van der Waals surface area contributed by atoms with Crippen LogP contribution in [0.2, 0.25) is 0 Å². The highest BCUT2D eigenvalue weighted by Crippen LogP contribution is 2.21. The summed E-state index contributed by atoms with van der Waals surface area (Å²) in [6, 6.07) is 6.66. The number of hydrogen-bond donors (Lipinski definition) is 3. The first-order valence-corrected chi connectivity index (χ1v) is 5.13. The molecule has 0 radical (unpaired) electrons. The van der Waals surface area contributed by atoms with Crippen LogP contribution in [0.25, 0.3) is 0 Å². The molecular formula is C10H12FN3S. The fourth-order valence-corrected chi connectivity index (χ4v) is 1.93. The number of halogens is 1. The Balaban J connectivity index is 2.24. The molecule has 0 aromatic heterocycles. The normalized spacial score (nSPS) is 25.6. The van der Waals surface area contributed by atoms with E-state index in [1.165, 1.54) is 6.07 Å². The van der Waals surface area contributed by atoms with Crippen molar-refractivity contribution in [3.63, 3.8) is 0 Å². The quantitative estimate of drug-likeness (QED) is 0.615. The summed E-state index contributed by atoms with van der Waals surface area (Å²) in [6.07, 6.45) is -0.337. The zero-order valence-corrected chi connectivity index (χ0v) is 8.85. The molecule has 1 aromatic carbocycles. The summed E-state index contributed by atoms with van der Waals surface area (Å²) in [5.74, 6) is -0.327. The van der Waals surface area contributed by atoms with E-state index in [-0.39, 0.29) is 17.9 Å². The molecule has 4 N–H and O–H groups in total. The van der Waals surface area contributed by atoms with Crippen LogP contribution in [0.3, 0.4) is 0 Å². The number of nitrogens with two attached hydrogens (primary N) is 1. The van der Waals surface area contributed by atoms with E-state index >= 15 is 0 Å². The highest BCUT2D eigenvalue weighted by Gasteiger charge is 2.26. The molecule has 1 aliphatic rings. The molecule has 1 fully saturated rings. The number of nitrogens with one attached hydrogen (secondary N) is 2. The molecule has 1 saturated heterocycles. The second kappa shape index (κ2) is 4.12. The third-order valence-corrected chi connectivity index (χ3v) is 2.78. The van der Waals surface area contributed by atoms with Gasteiger partial charge in [0.05, 0.1) is 6.17 Å². The molecule has 5 heteroatoms. The van der Waals surface area contributed by atoms with Crippen LogP contribution in [0.15, 0.2) is 24.3 Å². The second-order valence-electron chi connectivity index (χ2n) is 3.51. The van der Waals surface area contributed by atoms with Gasteiger partial charge in [-0.3, -0.25) is 0 Å². The monoisotopic (exact) mass is 225 g/mol. The van der Waals surface area contributed by atoms with Crippen LogP contribution in [0.4, 0.5) is 4.39 Å². The summed E-state index contributed by atoms with van der Waals surface area (Å²) < 4.78 is 13.5. The van der Waals surface area contributed by atoms with Crippen LogP contribution in [0.5, 0.6) is 0 Å². The Morgan fingerprint density at radius 3 is 2.80 bits per heavy atom. The van der Waals surface area contributed by atoms with Crippen molar-refractivity contribution in [2.24, 2.45) is 5.73 Å². The smallest absolute Gasteiger partial charge is 0.167 e. The largest absolute Gasteiger partial charge is 0.362 e. The van der Waals surface area contributed by atoms with Gasteiger partial charge in [0.2, 0.25) is 0 Å². The zero-order valence-electron chi connectivity index (χ0n) is 8.03. The standard InChI is InChI=1S/C10H12FN3S/c11-8-4-2-1-3-6(8)7-5-13-10(15)14-9(7)12/h1-4,7,9H,5,12H2,(H2,13,14,15). The molecule has 1 heterocycles. The molecule has 2 rings (SSSR count). The van der Waals surface area contributed by atoms with Crippen LogP contribution >= 0.6 is 12.2 Å². The zero-order chi connectivity index (χ0) is 10.8. The fraction of sp³-hybridized carbons (Fsp3) is 0.300. The predicted octanol–water partition coefficient (Wildman–Crippen LogP) is 0.672. The molecule has 3 nitrogen and oxygen atoms in total. The van der Waals surface area contributed by atoms with Gasteiger partial charge in [-0.1, -0.05) is 18.2 Å². The van der Waals surface area contributed by atoms with Crippen LogP contribution in [0.1, 0.15) is 11.5 Å². The molecule has 2 unspecified atom stereocenters. The minimum Gasteiger partial charge on any atom is -0.362 e. The van der Waals surface area contributed by atoms with E-state index in [0.29, 0.717) is 17.2 Å². The van der Waals surface area contributed by atoms with Crippen LogP contribution < -0.4 is 16.4 Å². The maximum atomic E-state index is 13.5. The van der Waals surface area contributed by atoms with Gasteiger partial charge in [0.15, 0.2) is 5.11 Å². The molecule has 80 valence electrons. The van der Waals surface area contributed by atoms with Gasteiger partial charge in [0.25, 0.3) is 0 Å².